The van der Waals surface area contributed by atoms with Crippen LogP contribution >= 0.6 is 11.6 Å². The highest BCUT2D eigenvalue weighted by Gasteiger charge is 2.15. The molecule has 39 heavy (non-hydrogen) atoms. The van der Waals surface area contributed by atoms with E-state index in [1.807, 2.05) is 36.4 Å². The van der Waals surface area contributed by atoms with Gasteiger partial charge in [0.1, 0.15) is 0 Å². The quantitative estimate of drug-likeness (QED) is 0.232. The van der Waals surface area contributed by atoms with E-state index in [1.165, 1.54) is 11.1 Å². The maximum Gasteiger partial charge on any atom is 0.226 e. The molecule has 0 fully saturated rings. The minimum Gasteiger partial charge on any atom is -0.208 e. The molecule has 7 rings (SSSR count). The topological polar surface area (TPSA) is 38.7 Å². The number of rotatable bonds is 4. The zero-order valence-electron chi connectivity index (χ0n) is 20.9. The number of nitrogens with zero attached hydrogens (tertiary/aromatic N) is 3. The molecular weight excluding hydrogens is 498 g/mol. The van der Waals surface area contributed by atoms with Crippen molar-refractivity contribution >= 4 is 33.1 Å². The van der Waals surface area contributed by atoms with Gasteiger partial charge in [-0.25, -0.2) is 4.98 Å². The van der Waals surface area contributed by atoms with Gasteiger partial charge in [-0.3, -0.25) is 0 Å². The van der Waals surface area contributed by atoms with Gasteiger partial charge in [0.2, 0.25) is 5.28 Å². The highest BCUT2D eigenvalue weighted by Crippen LogP contribution is 2.34. The van der Waals surface area contributed by atoms with Crippen molar-refractivity contribution in [2.24, 2.45) is 0 Å². The summed E-state index contributed by atoms with van der Waals surface area (Å²) >= 11 is 6.52. The smallest absolute Gasteiger partial charge is 0.208 e. The number of benzene rings is 6. The zero-order valence-corrected chi connectivity index (χ0v) is 21.7. The molecule has 184 valence electrons. The molecule has 0 radical (unpaired) electrons. The van der Waals surface area contributed by atoms with E-state index in [4.69, 9.17) is 16.6 Å². The minimum atomic E-state index is 0.170. The third-order valence-corrected chi connectivity index (χ3v) is 7.24. The van der Waals surface area contributed by atoms with Crippen LogP contribution in [-0.4, -0.2) is 15.0 Å². The van der Waals surface area contributed by atoms with E-state index < -0.39 is 0 Å². The molecule has 1 heterocycles. The molecule has 0 aliphatic heterocycles. The SMILES string of the molecule is Clc1nc(-c2cccc3cc(-c4ccccc4)ccc23)nc(-c2cccc3ccc(-c4ccccc4)cc23)n1. The lowest BCUT2D eigenvalue weighted by Crippen LogP contribution is -1.98. The minimum absolute atomic E-state index is 0.170. The molecule has 0 bridgehead atoms. The molecular formula is C35H22ClN3. The maximum atomic E-state index is 6.52. The Morgan fingerprint density at radius 1 is 0.385 bits per heavy atom. The normalized spacial score (nSPS) is 11.2. The van der Waals surface area contributed by atoms with E-state index in [0.717, 1.165) is 43.8 Å². The summed E-state index contributed by atoms with van der Waals surface area (Å²) in [5.41, 5.74) is 6.49. The molecule has 0 aliphatic rings. The molecule has 4 heteroatoms. The summed E-state index contributed by atoms with van der Waals surface area (Å²) in [6.45, 7) is 0. The summed E-state index contributed by atoms with van der Waals surface area (Å²) < 4.78 is 0. The maximum absolute atomic E-state index is 6.52. The fourth-order valence-corrected chi connectivity index (χ4v) is 5.32. The molecule has 3 nitrogen and oxygen atoms in total. The molecule has 0 aliphatic carbocycles. The Hall–Kier alpha value is -4.86. The fourth-order valence-electron chi connectivity index (χ4n) is 5.16. The van der Waals surface area contributed by atoms with Gasteiger partial charge in [0, 0.05) is 11.1 Å². The van der Waals surface area contributed by atoms with Crippen LogP contribution in [0.2, 0.25) is 5.28 Å². The van der Waals surface area contributed by atoms with Crippen molar-refractivity contribution in [2.45, 2.75) is 0 Å². The summed E-state index contributed by atoms with van der Waals surface area (Å²) in [5.74, 6) is 1.11. The van der Waals surface area contributed by atoms with Crippen molar-refractivity contribution in [3.63, 3.8) is 0 Å². The predicted octanol–water partition coefficient (Wildman–Crippen LogP) is 9.50. The van der Waals surface area contributed by atoms with E-state index in [0.29, 0.717) is 11.6 Å². The Kier molecular flexibility index (Phi) is 5.84. The second-order valence-electron chi connectivity index (χ2n) is 9.47. The zero-order chi connectivity index (χ0) is 26.2. The van der Waals surface area contributed by atoms with Gasteiger partial charge in [0.05, 0.1) is 0 Å². The van der Waals surface area contributed by atoms with Crippen LogP contribution in [0.5, 0.6) is 0 Å². The van der Waals surface area contributed by atoms with Gasteiger partial charge >= 0.3 is 0 Å². The Balaban J connectivity index is 1.36. The fraction of sp³-hybridized carbons (Fsp3) is 0. The van der Waals surface area contributed by atoms with Crippen LogP contribution in [0.3, 0.4) is 0 Å². The number of aromatic nitrogens is 3. The van der Waals surface area contributed by atoms with Crippen molar-refractivity contribution in [1.29, 1.82) is 0 Å². The number of halogens is 1. The molecule has 0 saturated heterocycles. The van der Waals surface area contributed by atoms with E-state index in [9.17, 15) is 0 Å². The standard InChI is InChI=1S/C35H22ClN3/c36-35-38-33(30-15-8-14-28-21-26(19-20-29(28)30)23-9-3-1-4-10-23)37-34(39-35)31-16-7-13-25-17-18-27(22-32(25)31)24-11-5-2-6-12-24/h1-22H. The highest BCUT2D eigenvalue weighted by atomic mass is 35.5. The highest BCUT2D eigenvalue weighted by molar-refractivity contribution is 6.28. The van der Waals surface area contributed by atoms with E-state index in [1.54, 1.807) is 0 Å². The molecule has 0 saturated carbocycles. The van der Waals surface area contributed by atoms with E-state index in [2.05, 4.69) is 107 Å². The average molecular weight is 520 g/mol. The lowest BCUT2D eigenvalue weighted by molar-refractivity contribution is 1.07. The Labute approximate surface area is 231 Å². The van der Waals surface area contributed by atoms with Crippen molar-refractivity contribution in [3.8, 4) is 45.0 Å². The van der Waals surface area contributed by atoms with Gasteiger partial charge in [0.15, 0.2) is 11.6 Å². The summed E-state index contributed by atoms with van der Waals surface area (Å²) in [7, 11) is 0. The third-order valence-electron chi connectivity index (χ3n) is 7.07. The first-order chi connectivity index (χ1) is 19.2. The summed E-state index contributed by atoms with van der Waals surface area (Å²) in [6, 6.07) is 46.1. The first kappa shape index (κ1) is 23.3. The largest absolute Gasteiger partial charge is 0.226 e. The Morgan fingerprint density at radius 2 is 0.949 bits per heavy atom. The van der Waals surface area contributed by atoms with Gasteiger partial charge in [-0.05, 0) is 67.5 Å². The monoisotopic (exact) mass is 519 g/mol. The number of fused-ring (bicyclic) bond motifs is 2. The molecule has 0 N–H and O–H groups in total. The van der Waals surface area contributed by atoms with Crippen LogP contribution in [0.4, 0.5) is 0 Å². The number of hydrogen-bond donors (Lipinski definition) is 0. The van der Waals surface area contributed by atoms with Gasteiger partial charge in [0.25, 0.3) is 0 Å². The van der Waals surface area contributed by atoms with Crippen LogP contribution in [-0.2, 0) is 0 Å². The van der Waals surface area contributed by atoms with Gasteiger partial charge in [-0.15, -0.1) is 0 Å². The second kappa shape index (κ2) is 9.79. The van der Waals surface area contributed by atoms with Gasteiger partial charge in [-0.2, -0.15) is 9.97 Å². The van der Waals surface area contributed by atoms with Crippen molar-refractivity contribution in [2.75, 3.05) is 0 Å². The summed E-state index contributed by atoms with van der Waals surface area (Å²) in [5, 5.41) is 4.53. The lowest BCUT2D eigenvalue weighted by Gasteiger charge is -2.11. The van der Waals surface area contributed by atoms with Crippen molar-refractivity contribution in [1.82, 2.24) is 15.0 Å². The first-order valence-corrected chi connectivity index (χ1v) is 13.2. The molecule has 6 aromatic carbocycles. The summed E-state index contributed by atoms with van der Waals surface area (Å²) in [6.07, 6.45) is 0. The first-order valence-electron chi connectivity index (χ1n) is 12.8. The van der Waals surface area contributed by atoms with E-state index in [-0.39, 0.29) is 5.28 Å². The number of hydrogen-bond acceptors (Lipinski definition) is 3. The molecule has 1 aromatic heterocycles. The molecule has 7 aromatic rings. The lowest BCUT2D eigenvalue weighted by atomic mass is 9.97. The molecule has 0 atom stereocenters. The molecule has 0 unspecified atom stereocenters. The molecule has 0 spiro atoms. The Bertz CT molecular complexity index is 1970. The average Bonchev–Trinajstić information content (AvgIpc) is 3.00. The van der Waals surface area contributed by atoms with Gasteiger partial charge in [-0.1, -0.05) is 121 Å². The van der Waals surface area contributed by atoms with Crippen molar-refractivity contribution in [3.05, 3.63) is 139 Å². The molecule has 0 amide bonds. The van der Waals surface area contributed by atoms with E-state index >= 15 is 0 Å². The van der Waals surface area contributed by atoms with Crippen LogP contribution < -0.4 is 0 Å². The predicted molar refractivity (Wildman–Crippen MR) is 162 cm³/mol. The Morgan fingerprint density at radius 3 is 1.62 bits per heavy atom. The van der Waals surface area contributed by atoms with Crippen LogP contribution in [0.25, 0.3) is 66.6 Å². The van der Waals surface area contributed by atoms with Gasteiger partial charge < -0.3 is 0 Å². The van der Waals surface area contributed by atoms with Crippen LogP contribution in [0.15, 0.2) is 133 Å². The summed E-state index contributed by atoms with van der Waals surface area (Å²) in [4.78, 5) is 14.1. The van der Waals surface area contributed by atoms with Crippen LogP contribution in [0.1, 0.15) is 0 Å². The second-order valence-corrected chi connectivity index (χ2v) is 9.80. The van der Waals surface area contributed by atoms with Crippen molar-refractivity contribution < 1.29 is 0 Å². The third kappa shape index (κ3) is 4.43. The van der Waals surface area contributed by atoms with Crippen LogP contribution in [0, 0.1) is 0 Å².